The predicted molar refractivity (Wildman–Crippen MR) is 142 cm³/mol. The lowest BCUT2D eigenvalue weighted by molar-refractivity contribution is -0.142. The molecule has 10 heteroatoms. The summed E-state index contributed by atoms with van der Waals surface area (Å²) in [7, 11) is 0. The molecule has 0 unspecified atom stereocenters. The van der Waals surface area contributed by atoms with Crippen LogP contribution in [0.15, 0.2) is 60.7 Å². The first-order valence-electron chi connectivity index (χ1n) is 12.8. The van der Waals surface area contributed by atoms with Crippen LogP contribution in [0.25, 0.3) is 0 Å². The van der Waals surface area contributed by atoms with Gasteiger partial charge in [0.25, 0.3) is 5.91 Å². The number of carbonyl (C=O) groups excluding carboxylic acids is 2. The van der Waals surface area contributed by atoms with Crippen LogP contribution < -0.4 is 24.8 Å². The van der Waals surface area contributed by atoms with Gasteiger partial charge in [0.15, 0.2) is 11.5 Å². The Hall–Kier alpha value is -3.79. The Labute approximate surface area is 230 Å². The highest BCUT2D eigenvalue weighted by Crippen LogP contribution is 2.47. The maximum Gasteiger partial charge on any atom is 0.255 e. The van der Waals surface area contributed by atoms with E-state index in [9.17, 15) is 14.7 Å². The number of aliphatic hydroxyl groups excluding tert-OH is 1. The highest BCUT2D eigenvalue weighted by molar-refractivity contribution is 6.30. The molecule has 1 fully saturated rings. The Morgan fingerprint density at radius 1 is 0.974 bits per heavy atom. The number of fused-ring (bicyclic) bond motifs is 4. The van der Waals surface area contributed by atoms with Crippen molar-refractivity contribution in [3.8, 4) is 17.2 Å². The number of hydrogen-bond donors (Lipinski definition) is 3. The SMILES string of the molecule is O=C(C[C@H]1C[C@@H]2c3cc(NC(=O)c4ccc5c(c4)OCO5)ccc3O[C@@H]2[C@H](CO)O1)NCc1ccc(Cl)cc1. The summed E-state index contributed by atoms with van der Waals surface area (Å²) in [6.07, 6.45) is -0.643. The fourth-order valence-corrected chi connectivity index (χ4v) is 5.42. The molecule has 0 bridgehead atoms. The molecule has 3 aliphatic rings. The second-order valence-corrected chi connectivity index (χ2v) is 10.2. The number of aliphatic hydroxyl groups is 1. The molecule has 3 aliphatic heterocycles. The molecule has 0 aromatic heterocycles. The third kappa shape index (κ3) is 5.38. The van der Waals surface area contributed by atoms with E-state index >= 15 is 0 Å². The van der Waals surface area contributed by atoms with E-state index in [0.717, 1.165) is 11.1 Å². The highest BCUT2D eigenvalue weighted by Gasteiger charge is 2.46. The molecule has 3 heterocycles. The van der Waals surface area contributed by atoms with Crippen molar-refractivity contribution in [3.63, 3.8) is 0 Å². The van der Waals surface area contributed by atoms with Crippen molar-refractivity contribution >= 4 is 29.1 Å². The fourth-order valence-electron chi connectivity index (χ4n) is 5.29. The molecule has 0 aliphatic carbocycles. The van der Waals surface area contributed by atoms with Gasteiger partial charge in [-0.15, -0.1) is 0 Å². The standard InChI is InChI=1S/C29H27ClN2O7/c30-18-4-1-16(2-5-18)13-31-27(34)12-20-11-22-21-10-19(6-8-23(21)39-28(22)26(14-33)38-20)32-29(35)17-3-7-24-25(9-17)37-15-36-24/h1-10,20,22,26,28,33H,11-15H2,(H,31,34)(H,32,35)/t20-,22-,26+,28+/m1/s1. The van der Waals surface area contributed by atoms with Gasteiger partial charge in [0.2, 0.25) is 12.7 Å². The quantitative estimate of drug-likeness (QED) is 0.407. The van der Waals surface area contributed by atoms with Crippen molar-refractivity contribution in [2.75, 3.05) is 18.7 Å². The molecule has 0 spiro atoms. The van der Waals surface area contributed by atoms with Gasteiger partial charge in [0, 0.05) is 34.3 Å². The van der Waals surface area contributed by atoms with Crippen molar-refractivity contribution in [2.45, 2.75) is 43.6 Å². The molecule has 2 amide bonds. The van der Waals surface area contributed by atoms with Gasteiger partial charge in [-0.25, -0.2) is 0 Å². The van der Waals surface area contributed by atoms with Crippen LogP contribution in [0, 0.1) is 0 Å². The molecular weight excluding hydrogens is 524 g/mol. The van der Waals surface area contributed by atoms with Gasteiger partial charge in [-0.05, 0) is 60.5 Å². The molecule has 3 aromatic rings. The first-order chi connectivity index (χ1) is 19.0. The van der Waals surface area contributed by atoms with Crippen LogP contribution in [-0.2, 0) is 16.1 Å². The summed E-state index contributed by atoms with van der Waals surface area (Å²) in [5.74, 6) is 1.31. The number of rotatable bonds is 7. The fraction of sp³-hybridized carbons (Fsp3) is 0.310. The third-order valence-electron chi connectivity index (χ3n) is 7.21. The molecule has 9 nitrogen and oxygen atoms in total. The minimum absolute atomic E-state index is 0.0950. The van der Waals surface area contributed by atoms with Crippen LogP contribution >= 0.6 is 11.6 Å². The average molecular weight is 551 g/mol. The molecule has 4 atom stereocenters. The molecule has 0 radical (unpaired) electrons. The Bertz CT molecular complexity index is 1400. The summed E-state index contributed by atoms with van der Waals surface area (Å²) in [6.45, 7) is 0.291. The van der Waals surface area contributed by atoms with Crippen molar-refractivity contribution in [3.05, 3.63) is 82.4 Å². The molecule has 3 aromatic carbocycles. The Balaban J connectivity index is 1.12. The molecule has 39 heavy (non-hydrogen) atoms. The number of halogens is 1. The van der Waals surface area contributed by atoms with Gasteiger partial charge in [0.05, 0.1) is 19.1 Å². The number of nitrogens with one attached hydrogen (secondary N) is 2. The van der Waals surface area contributed by atoms with Crippen molar-refractivity contribution in [2.24, 2.45) is 0 Å². The topological polar surface area (TPSA) is 115 Å². The van der Waals surface area contributed by atoms with E-state index in [1.54, 1.807) is 36.4 Å². The summed E-state index contributed by atoms with van der Waals surface area (Å²) >= 11 is 5.93. The molecular formula is C29H27ClN2O7. The minimum Gasteiger partial charge on any atom is -0.487 e. The van der Waals surface area contributed by atoms with E-state index in [4.69, 9.17) is 30.5 Å². The predicted octanol–water partition coefficient (Wildman–Crippen LogP) is 4.02. The van der Waals surface area contributed by atoms with Gasteiger partial charge in [-0.1, -0.05) is 23.7 Å². The first-order valence-corrected chi connectivity index (χ1v) is 13.1. The summed E-state index contributed by atoms with van der Waals surface area (Å²) < 4.78 is 22.9. The average Bonchev–Trinajstić information content (AvgIpc) is 3.56. The van der Waals surface area contributed by atoms with Crippen molar-refractivity contribution in [1.82, 2.24) is 5.32 Å². The number of ether oxygens (including phenoxy) is 4. The summed E-state index contributed by atoms with van der Waals surface area (Å²) in [6, 6.07) is 17.8. The van der Waals surface area contributed by atoms with E-state index in [1.165, 1.54) is 0 Å². The van der Waals surface area contributed by atoms with E-state index in [0.29, 0.717) is 46.5 Å². The number of hydrogen-bond acceptors (Lipinski definition) is 7. The summed E-state index contributed by atoms with van der Waals surface area (Å²) in [4.78, 5) is 25.6. The monoisotopic (exact) mass is 550 g/mol. The highest BCUT2D eigenvalue weighted by atomic mass is 35.5. The largest absolute Gasteiger partial charge is 0.487 e. The molecule has 3 N–H and O–H groups in total. The van der Waals surface area contributed by atoms with Crippen LogP contribution in [0.5, 0.6) is 17.2 Å². The lowest BCUT2D eigenvalue weighted by Gasteiger charge is -2.37. The van der Waals surface area contributed by atoms with Gasteiger partial charge in [0.1, 0.15) is 18.0 Å². The third-order valence-corrected chi connectivity index (χ3v) is 7.46. The lowest BCUT2D eigenvalue weighted by atomic mass is 9.84. The van der Waals surface area contributed by atoms with Gasteiger partial charge >= 0.3 is 0 Å². The maximum atomic E-state index is 12.9. The second kappa shape index (κ2) is 10.8. The van der Waals surface area contributed by atoms with Crippen LogP contribution in [-0.4, -0.2) is 48.6 Å². The second-order valence-electron chi connectivity index (χ2n) is 9.79. The number of amides is 2. The maximum absolute atomic E-state index is 12.9. The zero-order valence-corrected chi connectivity index (χ0v) is 21.6. The lowest BCUT2D eigenvalue weighted by Crippen LogP contribution is -2.47. The van der Waals surface area contributed by atoms with E-state index in [1.807, 2.05) is 24.3 Å². The van der Waals surface area contributed by atoms with E-state index in [2.05, 4.69) is 10.6 Å². The number of carbonyl (C=O) groups is 2. The van der Waals surface area contributed by atoms with Crippen LogP contribution in [0.3, 0.4) is 0 Å². The Morgan fingerprint density at radius 2 is 1.77 bits per heavy atom. The first kappa shape index (κ1) is 25.5. The smallest absolute Gasteiger partial charge is 0.255 e. The summed E-state index contributed by atoms with van der Waals surface area (Å²) in [5, 5.41) is 16.5. The van der Waals surface area contributed by atoms with Gasteiger partial charge < -0.3 is 34.7 Å². The van der Waals surface area contributed by atoms with E-state index < -0.39 is 12.2 Å². The molecule has 6 rings (SSSR count). The Morgan fingerprint density at radius 3 is 2.59 bits per heavy atom. The van der Waals surface area contributed by atoms with Gasteiger partial charge in [-0.3, -0.25) is 9.59 Å². The Kier molecular flexibility index (Phi) is 7.03. The van der Waals surface area contributed by atoms with Crippen LogP contribution in [0.4, 0.5) is 5.69 Å². The zero-order valence-electron chi connectivity index (χ0n) is 20.9. The van der Waals surface area contributed by atoms with Crippen molar-refractivity contribution < 1.29 is 33.6 Å². The summed E-state index contributed by atoms with van der Waals surface area (Å²) in [5.41, 5.74) is 2.92. The molecule has 1 saturated heterocycles. The normalized spacial score (nSPS) is 22.4. The van der Waals surface area contributed by atoms with Crippen LogP contribution in [0.1, 0.15) is 40.2 Å². The number of benzene rings is 3. The minimum atomic E-state index is -0.572. The van der Waals surface area contributed by atoms with Crippen molar-refractivity contribution in [1.29, 1.82) is 0 Å². The van der Waals surface area contributed by atoms with E-state index in [-0.39, 0.29) is 43.7 Å². The van der Waals surface area contributed by atoms with Gasteiger partial charge in [-0.2, -0.15) is 0 Å². The molecule has 0 saturated carbocycles. The zero-order chi connectivity index (χ0) is 26.9. The molecule has 202 valence electrons. The van der Waals surface area contributed by atoms with Crippen LogP contribution in [0.2, 0.25) is 5.02 Å². The number of anilines is 1.